The Morgan fingerprint density at radius 1 is 1.31 bits per heavy atom. The molecule has 0 aromatic carbocycles. The summed E-state index contributed by atoms with van der Waals surface area (Å²) in [4.78, 5) is 23.0. The number of carbonyl (C=O) groups excluding carboxylic acids is 1. The molecule has 1 amide bonds. The minimum atomic E-state index is -0.522. The second-order valence-corrected chi connectivity index (χ2v) is 8.48. The molecular weight excluding hydrogens is 354 g/mol. The monoisotopic (exact) mass is 379 g/mol. The smallest absolute Gasteiger partial charge is 0.410 e. The summed E-state index contributed by atoms with van der Waals surface area (Å²) in [5.74, 6) is 1.06. The molecular formula is C18H26ClN5O2. The molecule has 2 saturated heterocycles. The third-order valence-corrected chi connectivity index (χ3v) is 6.11. The molecule has 0 aliphatic carbocycles. The van der Waals surface area contributed by atoms with E-state index in [2.05, 4.69) is 20.6 Å². The van der Waals surface area contributed by atoms with Gasteiger partial charge in [0.05, 0.1) is 0 Å². The fourth-order valence-corrected chi connectivity index (χ4v) is 4.67. The minimum absolute atomic E-state index is 0.171. The molecule has 2 fully saturated rings. The Hall–Kier alpha value is -1.60. The summed E-state index contributed by atoms with van der Waals surface area (Å²) in [6.45, 7) is 6.51. The highest BCUT2D eigenvalue weighted by Gasteiger charge is 2.42. The molecule has 3 aliphatic heterocycles. The second kappa shape index (κ2) is 6.85. The van der Waals surface area contributed by atoms with Crippen molar-refractivity contribution < 1.29 is 9.53 Å². The van der Waals surface area contributed by atoms with Crippen LogP contribution >= 0.6 is 11.6 Å². The summed E-state index contributed by atoms with van der Waals surface area (Å²) in [5.41, 5.74) is 0.461. The number of rotatable bonds is 4. The van der Waals surface area contributed by atoms with E-state index in [-0.39, 0.29) is 24.1 Å². The van der Waals surface area contributed by atoms with Crippen LogP contribution in [0.2, 0.25) is 5.15 Å². The van der Waals surface area contributed by atoms with Gasteiger partial charge in [0.25, 0.3) is 0 Å². The van der Waals surface area contributed by atoms with Gasteiger partial charge in [0.15, 0.2) is 0 Å². The van der Waals surface area contributed by atoms with Crippen molar-refractivity contribution >= 4 is 23.5 Å². The van der Waals surface area contributed by atoms with E-state index in [0.717, 1.165) is 56.7 Å². The van der Waals surface area contributed by atoms with Crippen LogP contribution in [0.1, 0.15) is 51.0 Å². The average molecular weight is 380 g/mol. The maximum atomic E-state index is 12.7. The van der Waals surface area contributed by atoms with Crippen molar-refractivity contribution in [3.05, 3.63) is 17.0 Å². The summed E-state index contributed by atoms with van der Waals surface area (Å²) in [7, 11) is 0. The van der Waals surface area contributed by atoms with Gasteiger partial charge >= 0.3 is 6.09 Å². The Morgan fingerprint density at radius 2 is 2.04 bits per heavy atom. The van der Waals surface area contributed by atoms with Crippen LogP contribution in [-0.2, 0) is 4.74 Å². The molecule has 142 valence electrons. The van der Waals surface area contributed by atoms with Crippen molar-refractivity contribution in [3.63, 3.8) is 0 Å². The number of piperazine rings is 1. The quantitative estimate of drug-likeness (QED) is 0.783. The number of nitrogens with one attached hydrogen (secondary N) is 2. The zero-order valence-corrected chi connectivity index (χ0v) is 16.1. The Morgan fingerprint density at radius 3 is 2.77 bits per heavy atom. The third-order valence-electron chi connectivity index (χ3n) is 5.81. The summed E-state index contributed by atoms with van der Waals surface area (Å²) >= 11 is 6.25. The SMILES string of the molecule is CC(C)(CCC1CNc2ncnc(Cl)c21)OC(=O)N1C2CCC1CNC2. The number of hydrogen-bond acceptors (Lipinski definition) is 6. The summed E-state index contributed by atoms with van der Waals surface area (Å²) in [6, 6.07) is 0.554. The zero-order chi connectivity index (χ0) is 18.3. The number of carbonyl (C=O) groups is 1. The second-order valence-electron chi connectivity index (χ2n) is 8.12. The molecule has 4 rings (SSSR count). The van der Waals surface area contributed by atoms with Crippen LogP contribution in [0, 0.1) is 0 Å². The van der Waals surface area contributed by atoms with Crippen molar-refractivity contribution in [2.24, 2.45) is 0 Å². The van der Waals surface area contributed by atoms with Crippen molar-refractivity contribution in [1.29, 1.82) is 0 Å². The first kappa shape index (κ1) is 17.8. The third kappa shape index (κ3) is 3.34. The van der Waals surface area contributed by atoms with E-state index in [1.807, 2.05) is 18.7 Å². The number of aromatic nitrogens is 2. The first-order valence-electron chi connectivity index (χ1n) is 9.41. The van der Waals surface area contributed by atoms with Gasteiger partial charge < -0.3 is 15.4 Å². The number of anilines is 1. The molecule has 26 heavy (non-hydrogen) atoms. The number of ether oxygens (including phenoxy) is 1. The van der Waals surface area contributed by atoms with Gasteiger partial charge in [-0.1, -0.05) is 11.6 Å². The average Bonchev–Trinajstić information content (AvgIpc) is 3.12. The fourth-order valence-electron chi connectivity index (χ4n) is 4.38. The number of amides is 1. The lowest BCUT2D eigenvalue weighted by Gasteiger charge is -2.37. The molecule has 3 atom stereocenters. The van der Waals surface area contributed by atoms with E-state index in [4.69, 9.17) is 16.3 Å². The Labute approximate surface area is 158 Å². The molecule has 0 spiro atoms. The molecule has 2 bridgehead atoms. The lowest BCUT2D eigenvalue weighted by Crippen LogP contribution is -2.55. The first-order chi connectivity index (χ1) is 12.4. The van der Waals surface area contributed by atoms with Gasteiger partial charge in [0.1, 0.15) is 22.9 Å². The van der Waals surface area contributed by atoms with E-state index >= 15 is 0 Å². The molecule has 2 N–H and O–H groups in total. The largest absolute Gasteiger partial charge is 0.443 e. The van der Waals surface area contributed by atoms with Crippen molar-refractivity contribution in [1.82, 2.24) is 20.2 Å². The predicted molar refractivity (Wildman–Crippen MR) is 99.6 cm³/mol. The Kier molecular flexibility index (Phi) is 4.69. The molecule has 1 aromatic heterocycles. The van der Waals surface area contributed by atoms with Crippen LogP contribution in [-0.4, -0.2) is 58.3 Å². The maximum absolute atomic E-state index is 12.7. The maximum Gasteiger partial charge on any atom is 0.410 e. The number of hydrogen-bond donors (Lipinski definition) is 2. The van der Waals surface area contributed by atoms with E-state index in [1.165, 1.54) is 6.33 Å². The number of nitrogens with zero attached hydrogens (tertiary/aromatic N) is 3. The van der Waals surface area contributed by atoms with Crippen LogP contribution < -0.4 is 10.6 Å². The van der Waals surface area contributed by atoms with E-state index in [0.29, 0.717) is 5.15 Å². The first-order valence-corrected chi connectivity index (χ1v) is 9.79. The van der Waals surface area contributed by atoms with Gasteiger partial charge in [-0.3, -0.25) is 4.90 Å². The topological polar surface area (TPSA) is 79.4 Å². The Bertz CT molecular complexity index is 682. The predicted octanol–water partition coefficient (Wildman–Crippen LogP) is 2.77. The lowest BCUT2D eigenvalue weighted by atomic mass is 9.92. The van der Waals surface area contributed by atoms with Crippen molar-refractivity contribution in [2.45, 2.75) is 63.1 Å². The molecule has 7 nitrogen and oxygen atoms in total. The fraction of sp³-hybridized carbons (Fsp3) is 0.722. The molecule has 8 heteroatoms. The van der Waals surface area contributed by atoms with Gasteiger partial charge in [0.2, 0.25) is 0 Å². The van der Waals surface area contributed by atoms with Gasteiger partial charge in [-0.25, -0.2) is 14.8 Å². The molecule has 3 aliphatic rings. The van der Waals surface area contributed by atoms with E-state index in [9.17, 15) is 4.79 Å². The van der Waals surface area contributed by atoms with Gasteiger partial charge in [0, 0.05) is 43.2 Å². The molecule has 1 aromatic rings. The standard InChI is InChI=1S/C18H26ClN5O2/c1-18(2,26-17(25)24-12-3-4-13(24)9-20-8-12)6-5-11-7-21-16-14(11)15(19)22-10-23-16/h10-13,20H,3-9H2,1-2H3,(H,21,22,23). The van der Waals surface area contributed by atoms with Crippen LogP contribution in [0.3, 0.4) is 0 Å². The zero-order valence-electron chi connectivity index (χ0n) is 15.3. The summed E-state index contributed by atoms with van der Waals surface area (Å²) in [6.07, 6.45) is 5.06. The highest BCUT2D eigenvalue weighted by molar-refractivity contribution is 6.30. The number of fused-ring (bicyclic) bond motifs is 3. The molecule has 3 unspecified atom stereocenters. The highest BCUT2D eigenvalue weighted by atomic mass is 35.5. The van der Waals surface area contributed by atoms with Crippen LogP contribution in [0.5, 0.6) is 0 Å². The summed E-state index contributed by atoms with van der Waals surface area (Å²) < 4.78 is 5.91. The number of halogens is 1. The van der Waals surface area contributed by atoms with Gasteiger partial charge in [-0.15, -0.1) is 0 Å². The van der Waals surface area contributed by atoms with Crippen LogP contribution in [0.15, 0.2) is 6.33 Å². The van der Waals surface area contributed by atoms with Gasteiger partial charge in [-0.2, -0.15) is 0 Å². The van der Waals surface area contributed by atoms with E-state index in [1.54, 1.807) is 0 Å². The summed E-state index contributed by atoms with van der Waals surface area (Å²) in [5, 5.41) is 7.18. The van der Waals surface area contributed by atoms with Crippen LogP contribution in [0.25, 0.3) is 0 Å². The molecule has 0 radical (unpaired) electrons. The van der Waals surface area contributed by atoms with Crippen molar-refractivity contribution in [3.8, 4) is 0 Å². The van der Waals surface area contributed by atoms with Gasteiger partial charge in [-0.05, 0) is 39.5 Å². The lowest BCUT2D eigenvalue weighted by molar-refractivity contribution is -0.00570. The highest BCUT2D eigenvalue weighted by Crippen LogP contribution is 2.38. The van der Waals surface area contributed by atoms with Crippen molar-refractivity contribution in [2.75, 3.05) is 25.0 Å². The minimum Gasteiger partial charge on any atom is -0.443 e. The van der Waals surface area contributed by atoms with E-state index < -0.39 is 5.60 Å². The molecule has 0 saturated carbocycles. The Balaban J connectivity index is 1.36. The molecule has 4 heterocycles. The normalized spacial score (nSPS) is 27.2. The van der Waals surface area contributed by atoms with Crippen LogP contribution in [0.4, 0.5) is 10.6 Å².